The van der Waals surface area contributed by atoms with Gasteiger partial charge in [-0.3, -0.25) is 0 Å². The van der Waals surface area contributed by atoms with E-state index in [1.165, 1.54) is 11.1 Å². The third-order valence-electron chi connectivity index (χ3n) is 3.14. The molecule has 1 atom stereocenters. The van der Waals surface area contributed by atoms with Gasteiger partial charge < -0.3 is 15.4 Å². The van der Waals surface area contributed by atoms with E-state index in [-0.39, 0.29) is 6.04 Å². The molecule has 1 heterocycles. The summed E-state index contributed by atoms with van der Waals surface area (Å²) in [7, 11) is 0. The molecule has 3 nitrogen and oxygen atoms in total. The quantitative estimate of drug-likeness (QED) is 0.849. The van der Waals surface area contributed by atoms with Crippen LogP contribution in [0.4, 0.5) is 0 Å². The Morgan fingerprint density at radius 3 is 2.56 bits per heavy atom. The average molecular weight is 244 g/mol. The molecule has 0 aliphatic carbocycles. The van der Waals surface area contributed by atoms with Crippen molar-refractivity contribution in [2.45, 2.75) is 32.4 Å². The number of aromatic hydroxyl groups is 1. The summed E-state index contributed by atoms with van der Waals surface area (Å²) in [6.45, 7) is 2.93. The van der Waals surface area contributed by atoms with E-state index < -0.39 is 0 Å². The molecule has 0 aliphatic heterocycles. The minimum atomic E-state index is 0.245. The van der Waals surface area contributed by atoms with Gasteiger partial charge in [-0.25, -0.2) is 0 Å². The van der Waals surface area contributed by atoms with Gasteiger partial charge in [-0.2, -0.15) is 0 Å². The number of hydrogen-bond donors (Lipinski definition) is 2. The summed E-state index contributed by atoms with van der Waals surface area (Å²) < 4.78 is 2.14. The van der Waals surface area contributed by atoms with Gasteiger partial charge in [-0.1, -0.05) is 19.1 Å². The van der Waals surface area contributed by atoms with Crippen molar-refractivity contribution in [1.82, 2.24) is 4.57 Å². The largest absolute Gasteiger partial charge is 0.508 e. The Bertz CT molecular complexity index is 487. The summed E-state index contributed by atoms with van der Waals surface area (Å²) >= 11 is 0. The summed E-state index contributed by atoms with van der Waals surface area (Å²) in [5, 5.41) is 9.23. The molecule has 1 aromatic heterocycles. The van der Waals surface area contributed by atoms with Crippen LogP contribution in [0.3, 0.4) is 0 Å². The van der Waals surface area contributed by atoms with E-state index in [9.17, 15) is 5.11 Å². The van der Waals surface area contributed by atoms with Gasteiger partial charge >= 0.3 is 0 Å². The third-order valence-corrected chi connectivity index (χ3v) is 3.14. The lowest BCUT2D eigenvalue weighted by molar-refractivity contribution is 0.475. The Labute approximate surface area is 108 Å². The van der Waals surface area contributed by atoms with Gasteiger partial charge in [-0.15, -0.1) is 0 Å². The van der Waals surface area contributed by atoms with Crippen LogP contribution >= 0.6 is 0 Å². The Balaban J connectivity index is 2.00. The zero-order valence-corrected chi connectivity index (χ0v) is 10.7. The molecule has 1 aromatic carbocycles. The van der Waals surface area contributed by atoms with Crippen molar-refractivity contribution in [3.8, 4) is 5.75 Å². The molecule has 3 heteroatoms. The summed E-state index contributed by atoms with van der Waals surface area (Å²) in [5.74, 6) is 0.306. The number of hydrogen-bond acceptors (Lipinski definition) is 2. The van der Waals surface area contributed by atoms with E-state index in [1.807, 2.05) is 12.1 Å². The van der Waals surface area contributed by atoms with E-state index in [0.717, 1.165) is 19.4 Å². The second-order valence-corrected chi connectivity index (χ2v) is 4.73. The summed E-state index contributed by atoms with van der Waals surface area (Å²) in [5.41, 5.74) is 8.40. The fraction of sp³-hybridized carbons (Fsp3) is 0.333. The van der Waals surface area contributed by atoms with Crippen LogP contribution in [0.25, 0.3) is 0 Å². The van der Waals surface area contributed by atoms with Crippen molar-refractivity contribution in [3.63, 3.8) is 0 Å². The zero-order valence-electron chi connectivity index (χ0n) is 10.7. The summed E-state index contributed by atoms with van der Waals surface area (Å²) in [6.07, 6.45) is 6.15. The monoisotopic (exact) mass is 244 g/mol. The number of benzene rings is 1. The highest BCUT2D eigenvalue weighted by Gasteiger charge is 2.03. The number of aromatic nitrogens is 1. The van der Waals surface area contributed by atoms with Gasteiger partial charge in [0.1, 0.15) is 5.75 Å². The lowest BCUT2D eigenvalue weighted by atomic mass is 10.1. The first-order chi connectivity index (χ1) is 8.67. The Kier molecular flexibility index (Phi) is 4.05. The van der Waals surface area contributed by atoms with E-state index >= 15 is 0 Å². The molecular formula is C15H20N2O. The van der Waals surface area contributed by atoms with Crippen LogP contribution in [0.5, 0.6) is 5.75 Å². The minimum absolute atomic E-state index is 0.245. The fourth-order valence-electron chi connectivity index (χ4n) is 1.97. The second-order valence-electron chi connectivity index (χ2n) is 4.73. The summed E-state index contributed by atoms with van der Waals surface area (Å²) in [4.78, 5) is 0. The molecule has 0 spiro atoms. The molecule has 18 heavy (non-hydrogen) atoms. The molecule has 0 radical (unpaired) electrons. The lowest BCUT2D eigenvalue weighted by Crippen LogP contribution is -2.21. The first-order valence-electron chi connectivity index (χ1n) is 6.35. The van der Waals surface area contributed by atoms with Gasteiger partial charge in [0.05, 0.1) is 0 Å². The molecule has 0 saturated heterocycles. The third kappa shape index (κ3) is 3.37. The van der Waals surface area contributed by atoms with Crippen molar-refractivity contribution in [1.29, 1.82) is 0 Å². The topological polar surface area (TPSA) is 51.2 Å². The Morgan fingerprint density at radius 1 is 1.17 bits per heavy atom. The second kappa shape index (κ2) is 5.74. The Hall–Kier alpha value is -1.74. The number of phenols is 1. The highest BCUT2D eigenvalue weighted by atomic mass is 16.3. The fourth-order valence-corrected chi connectivity index (χ4v) is 1.97. The van der Waals surface area contributed by atoms with Crippen LogP contribution in [-0.4, -0.2) is 15.7 Å². The van der Waals surface area contributed by atoms with Gasteiger partial charge in [-0.05, 0) is 42.2 Å². The molecule has 0 fully saturated rings. The maximum Gasteiger partial charge on any atom is 0.115 e. The van der Waals surface area contributed by atoms with Crippen molar-refractivity contribution >= 4 is 0 Å². The number of nitrogens with zero attached hydrogens (tertiary/aromatic N) is 1. The normalized spacial score (nSPS) is 12.6. The van der Waals surface area contributed by atoms with Gasteiger partial charge in [0.2, 0.25) is 0 Å². The highest BCUT2D eigenvalue weighted by molar-refractivity contribution is 5.26. The average Bonchev–Trinajstić information content (AvgIpc) is 2.79. The molecule has 0 aliphatic rings. The predicted octanol–water partition coefficient (Wildman–Crippen LogP) is 2.52. The number of rotatable bonds is 5. The Morgan fingerprint density at radius 2 is 1.89 bits per heavy atom. The van der Waals surface area contributed by atoms with Crippen LogP contribution in [-0.2, 0) is 13.0 Å². The first-order valence-corrected chi connectivity index (χ1v) is 6.35. The molecule has 0 bridgehead atoms. The van der Waals surface area contributed by atoms with E-state index in [2.05, 4.69) is 30.0 Å². The van der Waals surface area contributed by atoms with Crippen LogP contribution in [0.2, 0.25) is 0 Å². The molecular weight excluding hydrogens is 224 g/mol. The maximum absolute atomic E-state index is 9.23. The molecule has 96 valence electrons. The van der Waals surface area contributed by atoms with Crippen LogP contribution in [0.15, 0.2) is 42.7 Å². The predicted molar refractivity (Wildman–Crippen MR) is 73.6 cm³/mol. The van der Waals surface area contributed by atoms with Crippen LogP contribution < -0.4 is 5.73 Å². The first kappa shape index (κ1) is 12.7. The van der Waals surface area contributed by atoms with Crippen molar-refractivity contribution in [2.75, 3.05) is 0 Å². The zero-order chi connectivity index (χ0) is 13.0. The van der Waals surface area contributed by atoms with Crippen LogP contribution in [0, 0.1) is 0 Å². The van der Waals surface area contributed by atoms with E-state index in [4.69, 9.17) is 5.73 Å². The lowest BCUT2D eigenvalue weighted by Gasteiger charge is -2.06. The highest BCUT2D eigenvalue weighted by Crippen LogP contribution is 2.12. The van der Waals surface area contributed by atoms with Gasteiger partial charge in [0.15, 0.2) is 0 Å². The minimum Gasteiger partial charge on any atom is -0.508 e. The molecule has 2 aromatic rings. The maximum atomic E-state index is 9.23. The molecule has 0 saturated carbocycles. The van der Waals surface area contributed by atoms with Crippen molar-refractivity contribution < 1.29 is 5.11 Å². The standard InChI is InChI=1S/C15H20N2O/c1-2-14(16)9-13-7-8-17(11-13)10-12-3-5-15(18)6-4-12/h3-8,11,14,18H,2,9-10,16H2,1H3. The van der Waals surface area contributed by atoms with Gasteiger partial charge in [0.25, 0.3) is 0 Å². The van der Waals surface area contributed by atoms with Crippen molar-refractivity contribution in [3.05, 3.63) is 53.9 Å². The van der Waals surface area contributed by atoms with Gasteiger partial charge in [0, 0.05) is 25.0 Å². The SMILES string of the molecule is CCC(N)Cc1ccn(Cc2ccc(O)cc2)c1. The molecule has 1 unspecified atom stereocenters. The molecule has 3 N–H and O–H groups in total. The number of nitrogens with two attached hydrogens (primary N) is 1. The van der Waals surface area contributed by atoms with E-state index in [1.54, 1.807) is 12.1 Å². The summed E-state index contributed by atoms with van der Waals surface area (Å²) in [6, 6.07) is 9.67. The van der Waals surface area contributed by atoms with Crippen LogP contribution in [0.1, 0.15) is 24.5 Å². The number of phenolic OH excluding ortho intramolecular Hbond substituents is 1. The molecule has 2 rings (SSSR count). The van der Waals surface area contributed by atoms with E-state index in [0.29, 0.717) is 5.75 Å². The smallest absolute Gasteiger partial charge is 0.115 e. The molecule has 0 amide bonds. The van der Waals surface area contributed by atoms with Crippen molar-refractivity contribution in [2.24, 2.45) is 5.73 Å².